The van der Waals surface area contributed by atoms with Crippen LogP contribution in [-0.2, 0) is 23.7 Å². The highest BCUT2D eigenvalue weighted by Crippen LogP contribution is 2.76. The van der Waals surface area contributed by atoms with E-state index in [2.05, 4.69) is 0 Å². The lowest BCUT2D eigenvalue weighted by atomic mass is 9.63. The van der Waals surface area contributed by atoms with Gasteiger partial charge in [0.25, 0.3) is 0 Å². The Labute approximate surface area is 228 Å². The second-order valence-electron chi connectivity index (χ2n) is 12.2. The van der Waals surface area contributed by atoms with Crippen molar-refractivity contribution in [3.05, 3.63) is 71.8 Å². The topological polar surface area (TPSA) is 104 Å². The molecule has 1 N–H and O–H groups in total. The van der Waals surface area contributed by atoms with E-state index in [0.717, 1.165) is 0 Å². The number of esters is 2. The number of epoxide rings is 1. The molecular weight excluding hydrogens is 500 g/mol. The Morgan fingerprint density at radius 1 is 0.949 bits per heavy atom. The van der Waals surface area contributed by atoms with E-state index in [1.54, 1.807) is 48.5 Å². The van der Waals surface area contributed by atoms with E-state index in [1.165, 1.54) is 0 Å². The number of benzene rings is 2. The normalized spacial score (nSPS) is 42.6. The maximum atomic E-state index is 13.0. The third kappa shape index (κ3) is 3.72. The van der Waals surface area contributed by atoms with E-state index in [0.29, 0.717) is 24.0 Å². The predicted molar refractivity (Wildman–Crippen MR) is 140 cm³/mol. The molecule has 0 unspecified atom stereocenters. The SMILES string of the molecule is C[C@H]1[C@H]2[C@@](O)(O[C@]13CC[C@@](C)(COC(=O)c1ccccc1)O3)[C@H]1O[C@@]1(C)[C@]2(C)[C@@H](C)OC(=O)c1ccccc1. The summed E-state index contributed by atoms with van der Waals surface area (Å²) in [7, 11) is 0. The van der Waals surface area contributed by atoms with Gasteiger partial charge in [0.15, 0.2) is 5.79 Å². The molecule has 3 aliphatic heterocycles. The number of rotatable bonds is 6. The van der Waals surface area contributed by atoms with Gasteiger partial charge in [0.2, 0.25) is 5.79 Å². The van der Waals surface area contributed by atoms with Crippen LogP contribution in [0.15, 0.2) is 60.7 Å². The number of hydrogen-bond donors (Lipinski definition) is 1. The number of carbonyl (C=O) groups excluding carboxylic acids is 2. The molecule has 1 saturated carbocycles. The molecule has 1 aliphatic carbocycles. The van der Waals surface area contributed by atoms with Crippen molar-refractivity contribution < 1.29 is 38.4 Å². The van der Waals surface area contributed by atoms with Crippen molar-refractivity contribution >= 4 is 11.9 Å². The molecule has 0 radical (unpaired) electrons. The van der Waals surface area contributed by atoms with Gasteiger partial charge in [-0.1, -0.05) is 50.2 Å². The Bertz CT molecular complexity index is 1280. The molecule has 0 aromatic heterocycles. The molecule has 4 fully saturated rings. The van der Waals surface area contributed by atoms with E-state index >= 15 is 0 Å². The Morgan fingerprint density at radius 3 is 2.15 bits per heavy atom. The van der Waals surface area contributed by atoms with E-state index in [9.17, 15) is 14.7 Å². The van der Waals surface area contributed by atoms with Crippen LogP contribution in [0.1, 0.15) is 68.2 Å². The molecule has 208 valence electrons. The van der Waals surface area contributed by atoms with Gasteiger partial charge in [0, 0.05) is 23.7 Å². The van der Waals surface area contributed by atoms with Gasteiger partial charge < -0.3 is 28.8 Å². The van der Waals surface area contributed by atoms with Crippen LogP contribution in [0.3, 0.4) is 0 Å². The Hall–Kier alpha value is -2.78. The molecule has 6 rings (SSSR count). The summed E-state index contributed by atoms with van der Waals surface area (Å²) in [5.41, 5.74) is -1.34. The van der Waals surface area contributed by atoms with Crippen LogP contribution < -0.4 is 0 Å². The molecular formula is C31H36O8. The average molecular weight is 537 g/mol. The molecule has 9 atom stereocenters. The van der Waals surface area contributed by atoms with Crippen LogP contribution in [0.25, 0.3) is 0 Å². The van der Waals surface area contributed by atoms with Crippen molar-refractivity contribution in [3.8, 4) is 0 Å². The zero-order valence-corrected chi connectivity index (χ0v) is 23.0. The predicted octanol–water partition coefficient (Wildman–Crippen LogP) is 4.50. The number of carbonyl (C=O) groups is 2. The van der Waals surface area contributed by atoms with Crippen LogP contribution in [0.2, 0.25) is 0 Å². The smallest absolute Gasteiger partial charge is 0.338 e. The quantitative estimate of drug-likeness (QED) is 0.425. The summed E-state index contributed by atoms with van der Waals surface area (Å²) < 4.78 is 30.8. The number of fused-ring (bicyclic) bond motifs is 3. The summed E-state index contributed by atoms with van der Waals surface area (Å²) in [5.74, 6) is -4.23. The molecule has 3 heterocycles. The van der Waals surface area contributed by atoms with Crippen molar-refractivity contribution in [1.82, 2.24) is 0 Å². The highest BCUT2D eigenvalue weighted by Gasteiger charge is 2.90. The Kier molecular flexibility index (Phi) is 5.84. The van der Waals surface area contributed by atoms with Gasteiger partial charge in [0.1, 0.15) is 30.0 Å². The monoisotopic (exact) mass is 536 g/mol. The van der Waals surface area contributed by atoms with E-state index in [-0.39, 0.29) is 12.5 Å². The first-order chi connectivity index (χ1) is 18.4. The van der Waals surface area contributed by atoms with Crippen LogP contribution in [0.5, 0.6) is 0 Å². The third-order valence-electron chi connectivity index (χ3n) is 9.95. The lowest BCUT2D eigenvalue weighted by Gasteiger charge is -2.44. The van der Waals surface area contributed by atoms with E-state index in [1.807, 2.05) is 46.8 Å². The summed E-state index contributed by atoms with van der Waals surface area (Å²) in [6.07, 6.45) is -0.0595. The van der Waals surface area contributed by atoms with Gasteiger partial charge in [-0.3, -0.25) is 0 Å². The zero-order valence-electron chi connectivity index (χ0n) is 23.0. The molecule has 1 spiro atoms. The minimum atomic E-state index is -1.61. The standard InChI is InChI=1S/C31H36O8/c1-19-23-28(4,20(2)36-25(33)22-14-10-7-11-15-22)29(5)26(37-29)31(23,34)39-30(19)17-16-27(3,38-30)18-35-24(32)21-12-8-6-9-13-21/h6-15,19-20,23,26,34H,16-18H2,1-5H3/t19-,20+,23+,26-,27-,28+,29+,30+,31+/m0/s1. The minimum Gasteiger partial charge on any atom is -0.459 e. The first-order valence-corrected chi connectivity index (χ1v) is 13.7. The summed E-state index contributed by atoms with van der Waals surface area (Å²) in [6.45, 7) is 9.79. The van der Waals surface area contributed by atoms with Gasteiger partial charge in [-0.2, -0.15) is 0 Å². The molecule has 2 aromatic rings. The first-order valence-electron chi connectivity index (χ1n) is 13.7. The molecule has 8 nitrogen and oxygen atoms in total. The molecule has 2 aromatic carbocycles. The van der Waals surface area contributed by atoms with Crippen LogP contribution in [0.4, 0.5) is 0 Å². The fourth-order valence-corrected chi connectivity index (χ4v) is 7.53. The van der Waals surface area contributed by atoms with Crippen molar-refractivity contribution in [2.45, 2.75) is 82.4 Å². The van der Waals surface area contributed by atoms with E-state index < -0.39 is 58.3 Å². The second kappa shape index (κ2) is 8.61. The van der Waals surface area contributed by atoms with Gasteiger partial charge in [0.05, 0.1) is 11.1 Å². The van der Waals surface area contributed by atoms with Crippen molar-refractivity contribution in [1.29, 1.82) is 0 Å². The highest BCUT2D eigenvalue weighted by molar-refractivity contribution is 5.89. The fraction of sp³-hybridized carbons (Fsp3) is 0.548. The summed E-state index contributed by atoms with van der Waals surface area (Å²) in [6, 6.07) is 17.7. The summed E-state index contributed by atoms with van der Waals surface area (Å²) in [5, 5.41) is 12.0. The Morgan fingerprint density at radius 2 is 1.54 bits per heavy atom. The lowest BCUT2D eigenvalue weighted by Crippen LogP contribution is -2.52. The van der Waals surface area contributed by atoms with Gasteiger partial charge in [-0.05, 0) is 51.5 Å². The lowest BCUT2D eigenvalue weighted by molar-refractivity contribution is -0.327. The first kappa shape index (κ1) is 26.4. The summed E-state index contributed by atoms with van der Waals surface area (Å²) in [4.78, 5) is 25.5. The Balaban J connectivity index is 1.22. The van der Waals surface area contributed by atoms with Crippen molar-refractivity contribution in [2.24, 2.45) is 17.3 Å². The van der Waals surface area contributed by atoms with Crippen LogP contribution in [-0.4, -0.2) is 58.6 Å². The van der Waals surface area contributed by atoms with E-state index in [4.69, 9.17) is 23.7 Å². The average Bonchev–Trinajstić information content (AvgIpc) is 3.42. The molecule has 39 heavy (non-hydrogen) atoms. The number of hydrogen-bond acceptors (Lipinski definition) is 8. The van der Waals surface area contributed by atoms with Gasteiger partial charge >= 0.3 is 11.9 Å². The maximum absolute atomic E-state index is 13.0. The van der Waals surface area contributed by atoms with Crippen molar-refractivity contribution in [2.75, 3.05) is 6.61 Å². The largest absolute Gasteiger partial charge is 0.459 e. The van der Waals surface area contributed by atoms with Crippen molar-refractivity contribution in [3.63, 3.8) is 0 Å². The second-order valence-corrected chi connectivity index (χ2v) is 12.2. The highest BCUT2D eigenvalue weighted by atomic mass is 16.8. The van der Waals surface area contributed by atoms with Crippen LogP contribution >= 0.6 is 0 Å². The zero-order chi connectivity index (χ0) is 27.8. The van der Waals surface area contributed by atoms with Gasteiger partial charge in [-0.15, -0.1) is 0 Å². The molecule has 3 saturated heterocycles. The number of ether oxygens (including phenoxy) is 5. The molecule has 8 heteroatoms. The molecule has 4 aliphatic rings. The fourth-order valence-electron chi connectivity index (χ4n) is 7.53. The summed E-state index contributed by atoms with van der Waals surface area (Å²) >= 11 is 0. The van der Waals surface area contributed by atoms with Gasteiger partial charge in [-0.25, -0.2) is 9.59 Å². The third-order valence-corrected chi connectivity index (χ3v) is 9.95. The van der Waals surface area contributed by atoms with Crippen LogP contribution in [0, 0.1) is 17.3 Å². The minimum absolute atomic E-state index is 0.0572. The maximum Gasteiger partial charge on any atom is 0.338 e. The number of aliphatic hydroxyl groups is 1. The molecule has 0 bridgehead atoms. The molecule has 0 amide bonds.